The molecule has 0 bridgehead atoms. The largest absolute Gasteiger partial charge is 0.486 e. The van der Waals surface area contributed by atoms with E-state index < -0.39 is 28.1 Å². The standard InChI is InChI=1S/C28H34ClN5O6S/c1-17-14-34(19(3)16-35)28(37)22-7-6-8-23(30-27(36)24-13-18(2)31-33(24)5)26(22)40-25(17)15-32(4)41(38,39)21-11-9-20(29)10-12-21/h6-13,17,19,25,35H,14-16H2,1-5H3,(H,30,36)/t17-,19+,25+/m1/s1. The van der Waals surface area contributed by atoms with E-state index in [1.165, 1.54) is 40.3 Å². The summed E-state index contributed by atoms with van der Waals surface area (Å²) in [5, 5.41) is 17.4. The molecule has 2 aromatic carbocycles. The molecule has 3 atom stereocenters. The van der Waals surface area contributed by atoms with Crippen LogP contribution in [0.25, 0.3) is 0 Å². The van der Waals surface area contributed by atoms with E-state index in [9.17, 15) is 23.1 Å². The van der Waals surface area contributed by atoms with E-state index in [0.29, 0.717) is 16.4 Å². The fourth-order valence-corrected chi connectivity index (χ4v) is 6.02. The number of aliphatic hydroxyl groups excluding tert-OH is 1. The molecule has 1 aliphatic rings. The second kappa shape index (κ2) is 12.2. The van der Waals surface area contributed by atoms with Gasteiger partial charge in [-0.3, -0.25) is 14.3 Å². The van der Waals surface area contributed by atoms with E-state index in [0.717, 1.165) is 0 Å². The van der Waals surface area contributed by atoms with Gasteiger partial charge in [0.1, 0.15) is 11.8 Å². The van der Waals surface area contributed by atoms with Gasteiger partial charge in [-0.15, -0.1) is 0 Å². The number of nitrogens with zero attached hydrogens (tertiary/aromatic N) is 4. The van der Waals surface area contributed by atoms with Crippen LogP contribution in [-0.2, 0) is 17.1 Å². The van der Waals surface area contributed by atoms with Crippen molar-refractivity contribution in [1.82, 2.24) is 19.0 Å². The number of sulfonamides is 1. The van der Waals surface area contributed by atoms with Crippen LogP contribution in [0.3, 0.4) is 0 Å². The maximum absolute atomic E-state index is 13.7. The fraction of sp³-hybridized carbons (Fsp3) is 0.393. The summed E-state index contributed by atoms with van der Waals surface area (Å²) in [6, 6.07) is 11.8. The lowest BCUT2D eigenvalue weighted by Gasteiger charge is -2.38. The van der Waals surface area contributed by atoms with Crippen LogP contribution < -0.4 is 10.1 Å². The number of fused-ring (bicyclic) bond motifs is 1. The normalized spacial score (nSPS) is 18.3. The lowest BCUT2D eigenvalue weighted by molar-refractivity contribution is 0.0388. The topological polar surface area (TPSA) is 134 Å². The molecule has 0 aliphatic carbocycles. The van der Waals surface area contributed by atoms with Gasteiger partial charge in [-0.05, 0) is 56.3 Å². The number of benzene rings is 2. The number of hydrogen-bond donors (Lipinski definition) is 2. The maximum Gasteiger partial charge on any atom is 0.274 e. The van der Waals surface area contributed by atoms with Crippen LogP contribution in [0.1, 0.15) is 40.4 Å². The molecular formula is C28H34ClN5O6S. The molecule has 2 amide bonds. The highest BCUT2D eigenvalue weighted by Crippen LogP contribution is 2.35. The minimum atomic E-state index is -3.90. The van der Waals surface area contributed by atoms with Crippen LogP contribution in [0.4, 0.5) is 5.69 Å². The summed E-state index contributed by atoms with van der Waals surface area (Å²) in [6.07, 6.45) is -0.723. The van der Waals surface area contributed by atoms with Crippen molar-refractivity contribution in [3.05, 3.63) is 70.5 Å². The molecule has 0 unspecified atom stereocenters. The van der Waals surface area contributed by atoms with Crippen molar-refractivity contribution in [2.75, 3.05) is 32.1 Å². The summed E-state index contributed by atoms with van der Waals surface area (Å²) < 4.78 is 35.8. The Morgan fingerprint density at radius 3 is 2.56 bits per heavy atom. The molecule has 2 N–H and O–H groups in total. The van der Waals surface area contributed by atoms with Crippen LogP contribution in [0.2, 0.25) is 5.02 Å². The van der Waals surface area contributed by atoms with Gasteiger partial charge in [-0.1, -0.05) is 24.6 Å². The quantitative estimate of drug-likeness (QED) is 0.404. The van der Waals surface area contributed by atoms with Crippen LogP contribution >= 0.6 is 11.6 Å². The molecule has 11 nitrogen and oxygen atoms in total. The lowest BCUT2D eigenvalue weighted by Crippen LogP contribution is -2.50. The molecule has 13 heteroatoms. The van der Waals surface area contributed by atoms with E-state index in [1.807, 2.05) is 6.92 Å². The molecule has 0 fully saturated rings. The minimum absolute atomic E-state index is 0.0513. The Kier molecular flexibility index (Phi) is 9.07. The monoisotopic (exact) mass is 603 g/mol. The zero-order chi connectivity index (χ0) is 30.1. The molecule has 1 aliphatic heterocycles. The zero-order valence-electron chi connectivity index (χ0n) is 23.5. The van der Waals surface area contributed by atoms with Crippen molar-refractivity contribution in [3.63, 3.8) is 0 Å². The van der Waals surface area contributed by atoms with Gasteiger partial charge in [-0.2, -0.15) is 9.40 Å². The third kappa shape index (κ3) is 6.40. The SMILES string of the molecule is Cc1cc(C(=O)Nc2cccc3c2O[C@@H](CN(C)S(=O)(=O)c2ccc(Cl)cc2)[C@H](C)CN([C@@H](C)CO)C3=O)n(C)n1. The van der Waals surface area contributed by atoms with Crippen LogP contribution in [0.15, 0.2) is 53.4 Å². The zero-order valence-corrected chi connectivity index (χ0v) is 25.1. The minimum Gasteiger partial charge on any atom is -0.486 e. The molecule has 0 saturated carbocycles. The number of rotatable bonds is 8. The van der Waals surface area contributed by atoms with E-state index >= 15 is 0 Å². The summed E-state index contributed by atoms with van der Waals surface area (Å²) in [5.41, 5.74) is 1.41. The summed E-state index contributed by atoms with van der Waals surface area (Å²) in [4.78, 5) is 28.5. The molecule has 3 aromatic rings. The van der Waals surface area contributed by atoms with Crippen molar-refractivity contribution in [3.8, 4) is 5.75 Å². The van der Waals surface area contributed by atoms with Crippen LogP contribution in [-0.4, -0.2) is 83.2 Å². The van der Waals surface area contributed by atoms with Gasteiger partial charge in [0.25, 0.3) is 11.8 Å². The molecule has 1 aromatic heterocycles. The Balaban J connectivity index is 1.73. The Hall–Kier alpha value is -3.45. The highest BCUT2D eigenvalue weighted by Gasteiger charge is 2.36. The molecule has 0 radical (unpaired) electrons. The van der Waals surface area contributed by atoms with Gasteiger partial charge in [0.05, 0.1) is 41.0 Å². The van der Waals surface area contributed by atoms with E-state index in [4.69, 9.17) is 16.3 Å². The highest BCUT2D eigenvalue weighted by molar-refractivity contribution is 7.89. The summed E-state index contributed by atoms with van der Waals surface area (Å²) >= 11 is 5.95. The van der Waals surface area contributed by atoms with Crippen molar-refractivity contribution in [2.45, 2.75) is 37.8 Å². The van der Waals surface area contributed by atoms with Gasteiger partial charge < -0.3 is 20.1 Å². The Labute approximate surface area is 244 Å². The first-order valence-corrected chi connectivity index (χ1v) is 14.9. The number of likely N-dealkylation sites (N-methyl/N-ethyl adjacent to an activating group) is 1. The number of hydrogen-bond acceptors (Lipinski definition) is 7. The summed E-state index contributed by atoms with van der Waals surface area (Å²) in [5.74, 6) is -1.06. The first kappa shape index (κ1) is 30.5. The molecule has 41 heavy (non-hydrogen) atoms. The number of ether oxygens (including phenoxy) is 1. The maximum atomic E-state index is 13.7. The second-order valence-electron chi connectivity index (χ2n) is 10.3. The van der Waals surface area contributed by atoms with E-state index in [2.05, 4.69) is 10.4 Å². The number of carbonyl (C=O) groups excluding carboxylic acids is 2. The smallest absolute Gasteiger partial charge is 0.274 e. The Morgan fingerprint density at radius 2 is 1.95 bits per heavy atom. The number of carbonyl (C=O) groups is 2. The molecule has 4 rings (SSSR count). The number of amides is 2. The summed E-state index contributed by atoms with van der Waals surface area (Å²) in [7, 11) is -0.786. The number of nitrogens with one attached hydrogen (secondary N) is 1. The average Bonchev–Trinajstić information content (AvgIpc) is 3.28. The van der Waals surface area contributed by atoms with Crippen LogP contribution in [0, 0.1) is 12.8 Å². The van der Waals surface area contributed by atoms with Gasteiger partial charge in [0, 0.05) is 31.6 Å². The van der Waals surface area contributed by atoms with E-state index in [1.54, 1.807) is 50.1 Å². The fourth-order valence-electron chi connectivity index (χ4n) is 4.71. The Morgan fingerprint density at radius 1 is 1.27 bits per heavy atom. The van der Waals surface area contributed by atoms with Crippen molar-refractivity contribution in [2.24, 2.45) is 13.0 Å². The Bertz CT molecular complexity index is 1540. The third-order valence-electron chi connectivity index (χ3n) is 7.13. The number of aryl methyl sites for hydroxylation is 2. The predicted octanol–water partition coefficient (Wildman–Crippen LogP) is 3.18. The number of para-hydroxylation sites is 1. The highest BCUT2D eigenvalue weighted by atomic mass is 35.5. The molecule has 220 valence electrons. The number of halogens is 1. The number of aromatic nitrogens is 2. The van der Waals surface area contributed by atoms with Crippen molar-refractivity contribution in [1.29, 1.82) is 0 Å². The van der Waals surface area contributed by atoms with E-state index in [-0.39, 0.29) is 53.4 Å². The first-order chi connectivity index (χ1) is 19.3. The predicted molar refractivity (Wildman–Crippen MR) is 155 cm³/mol. The molecule has 2 heterocycles. The number of aliphatic hydroxyl groups is 1. The van der Waals surface area contributed by atoms with Gasteiger partial charge in [0.15, 0.2) is 5.75 Å². The second-order valence-corrected chi connectivity index (χ2v) is 12.8. The van der Waals surface area contributed by atoms with Gasteiger partial charge >= 0.3 is 0 Å². The molecule has 0 spiro atoms. The average molecular weight is 604 g/mol. The lowest BCUT2D eigenvalue weighted by atomic mass is 9.99. The van der Waals surface area contributed by atoms with Crippen molar-refractivity contribution < 1.29 is 27.9 Å². The molecule has 0 saturated heterocycles. The number of anilines is 1. The van der Waals surface area contributed by atoms with Crippen LogP contribution in [0.5, 0.6) is 5.75 Å². The summed E-state index contributed by atoms with van der Waals surface area (Å²) in [6.45, 7) is 5.25. The van der Waals surface area contributed by atoms with Gasteiger partial charge in [0.2, 0.25) is 10.0 Å². The van der Waals surface area contributed by atoms with Crippen molar-refractivity contribution >= 4 is 39.1 Å². The first-order valence-electron chi connectivity index (χ1n) is 13.1. The van der Waals surface area contributed by atoms with Gasteiger partial charge in [-0.25, -0.2) is 8.42 Å². The third-order valence-corrected chi connectivity index (χ3v) is 9.22. The molecular weight excluding hydrogens is 570 g/mol.